The van der Waals surface area contributed by atoms with Crippen LogP contribution in [0.25, 0.3) is 0 Å². The van der Waals surface area contributed by atoms with Crippen LogP contribution in [0.4, 0.5) is 164 Å². The van der Waals surface area contributed by atoms with Crippen LogP contribution in [0, 0.1) is 0 Å². The Morgan fingerprint density at radius 2 is 0.0357 bits per heavy atom. The van der Waals surface area contributed by atoms with Crippen LogP contribution in [0.3, 0.4) is 0 Å². The van der Waals surface area contributed by atoms with E-state index < -0.39 is 94.1 Å². The Hall–Kier alpha value is -4.23. The van der Waals surface area contributed by atoms with E-state index in [9.17, 15) is 164 Å². The van der Waals surface area contributed by atoms with Gasteiger partial charge in [0, 0.05) is 493 Å². The van der Waals surface area contributed by atoms with Gasteiger partial charge < -0.3 is 0 Å². The van der Waals surface area contributed by atoms with Crippen LogP contribution in [-0.4, -0.2) is 94.1 Å². The molecular weight excluding hydrogens is 2480 g/mol. The van der Waals surface area contributed by atoms with Crippen molar-refractivity contribution in [3.05, 3.63) is 0 Å². The quantitative estimate of drug-likeness (QED) is 0.192. The third kappa shape index (κ3) is 132000. The molecule has 0 unspecified atom stereocenters. The van der Waals surface area contributed by atoms with E-state index >= 15 is 0 Å². The lowest BCUT2D eigenvalue weighted by Gasteiger charge is -1.75. The molecule has 0 fully saturated rings. The Kier molecular flexibility index (Phi) is 10700. The highest BCUT2D eigenvalue weighted by atomic mass is 28.5. The molecule has 0 N–H and O–H groups in total. The summed E-state index contributed by atoms with van der Waals surface area (Å²) >= 11 is 0. The fraction of sp³-hybridized carbons (Fsp3) is 0. The molecule has 0 bridgehead atoms. The monoisotopic (exact) mass is 2480 g/mol. The van der Waals surface area contributed by atoms with Gasteiger partial charge in [-0.2, -0.15) is 0 Å². The summed E-state index contributed by atoms with van der Waals surface area (Å²) < 4.78 is 393. The summed E-state index contributed by atoms with van der Waals surface area (Å²) in [5, 5.41) is 0. The van der Waals surface area contributed by atoms with E-state index in [0.29, 0.717) is 0 Å². The van der Waals surface area contributed by atoms with Crippen molar-refractivity contribution < 1.29 is 657 Å². The van der Waals surface area contributed by atoms with E-state index in [0.717, 1.165) is 0 Å². The molecule has 0 atom stereocenters. The van der Waals surface area contributed by atoms with E-state index in [1.54, 1.807) is 0 Å². The molecule has 180 radical (unpaired) electrons. The first-order valence-corrected chi connectivity index (χ1v) is 22.7. The minimum atomic E-state index is -6.61. The molecule has 0 rings (SSSR count). The summed E-state index contributed by atoms with van der Waals surface area (Å²) in [6.45, 7) is 0. The van der Waals surface area contributed by atoms with Crippen LogP contribution < -0.4 is 0 Å². The standard InChI is InChI=1S/10F4Si.90O/c10*1-5(2,3)4;;;;;;;;;;;;;;;;;;;;;;;;;;;;;;;;;;;;;;;;;;;;;;;;;;;;;;;;;;;;;;;;;;;;;;;;;;;;;;;;;;;;;;;;;;. The molecule has 140 heteroatoms. The minimum Gasteiger partial charge on any atom is -0.211 e. The lowest BCUT2D eigenvalue weighted by molar-refractivity contribution is 0.366. The first-order valence-electron chi connectivity index (χ1n) is 7.56. The fourth-order valence-electron chi connectivity index (χ4n) is 0. The van der Waals surface area contributed by atoms with Crippen LogP contribution in [0.1, 0.15) is 0 Å². The largest absolute Gasteiger partial charge is 0.844 e. The van der Waals surface area contributed by atoms with Crippen molar-refractivity contribution in [3.8, 4) is 0 Å². The maximum Gasteiger partial charge on any atom is 0.844 e. The van der Waals surface area contributed by atoms with Gasteiger partial charge in [0.2, 0.25) is 0 Å². The van der Waals surface area contributed by atoms with Crippen molar-refractivity contribution in [2.75, 3.05) is 0 Å². The highest BCUT2D eigenvalue weighted by Gasteiger charge is 2.42. The van der Waals surface area contributed by atoms with Gasteiger partial charge in [-0.1, -0.05) is 0 Å². The van der Waals surface area contributed by atoms with Gasteiger partial charge in [-0.3, -0.25) is 0 Å². The SMILES string of the molecule is F[Si](F)(F)F.F[Si](F)(F)F.F[Si](F)(F)F.F[Si](F)(F)F.F[Si](F)(F)F.F[Si](F)(F)F.F[Si](F)(F)F.F[Si](F)(F)F.F[Si](F)(F)F.F[Si](F)(F)F.[O].[O].[O].[O].[O].[O].[O].[O].[O].[O].[O].[O].[O].[O].[O].[O].[O].[O].[O].[O].[O].[O].[O].[O].[O].[O].[O].[O].[O].[O].[O].[O].[O].[O].[O].[O].[O].[O].[O].[O].[O].[O].[O].[O].[O].[O].[O].[O].[O].[O].[O].[O].[O].[O].[O].[O].[O].[O].[O].[O].[O].[O].[O].[O].[O].[O].[O].[O].[O].[O].[O].[O].[O].[O].[O].[O].[O].[O].[O].[O].[O].[O].[O].[O].[O].[O].[O].[O].[O].[O]. The third-order valence-electron chi connectivity index (χ3n) is 0. The second-order valence-corrected chi connectivity index (χ2v) is 12.9. The predicted molar refractivity (Wildman–Crippen MR) is 164 cm³/mol. The summed E-state index contributed by atoms with van der Waals surface area (Å²) in [6, 6.07) is 0. The summed E-state index contributed by atoms with van der Waals surface area (Å²) in [4.78, 5) is 0. The molecule has 0 aliphatic carbocycles. The molecule has 0 saturated heterocycles. The van der Waals surface area contributed by atoms with Crippen molar-refractivity contribution in [1.29, 1.82) is 0 Å². The van der Waals surface area contributed by atoms with Crippen molar-refractivity contribution in [3.63, 3.8) is 0 Å². The summed E-state index contributed by atoms with van der Waals surface area (Å²) in [6.07, 6.45) is 0. The first-order chi connectivity index (χ1) is 20.0. The number of rotatable bonds is 0. The number of hydrogen-bond donors (Lipinski definition) is 0. The zero-order valence-electron chi connectivity index (χ0n) is 56.9. The summed E-state index contributed by atoms with van der Waals surface area (Å²) in [5.74, 6) is 0. The van der Waals surface area contributed by atoms with Crippen molar-refractivity contribution in [2.24, 2.45) is 0 Å². The Bertz CT molecular complexity index is 522. The zero-order chi connectivity index (χ0) is 45.0. The number of hydrogen-bond acceptors (Lipinski definition) is 0. The summed E-state index contributed by atoms with van der Waals surface area (Å²) in [5.41, 5.74) is 0. The van der Waals surface area contributed by atoms with Gasteiger partial charge in [0.05, 0.1) is 0 Å². The van der Waals surface area contributed by atoms with Gasteiger partial charge in [0.1, 0.15) is 0 Å². The third-order valence-corrected chi connectivity index (χ3v) is 0. The molecule has 0 spiro atoms. The second-order valence-electron chi connectivity index (χ2n) is 4.29. The normalized spacial score (nSPS) is 4.29. The molecule has 860 valence electrons. The van der Waals surface area contributed by atoms with Crippen LogP contribution in [0.5, 0.6) is 0 Å². The highest BCUT2D eigenvalue weighted by Crippen LogP contribution is 2.11. The molecule has 0 saturated carbocycles. The maximum absolute atomic E-state index is 9.83. The molecule has 0 aliphatic rings. The maximum atomic E-state index is 9.83. The highest BCUT2D eigenvalue weighted by molar-refractivity contribution is 6.52. The van der Waals surface area contributed by atoms with E-state index in [-0.39, 0.29) is 493 Å². The lowest BCUT2D eigenvalue weighted by Crippen LogP contribution is -2.02. The Labute approximate surface area is 752 Å². The molecule has 90 nitrogen and oxygen atoms in total. The second kappa shape index (κ2) is 775. The minimum absolute atomic E-state index is 0. The van der Waals surface area contributed by atoms with Crippen molar-refractivity contribution in [2.45, 2.75) is 0 Å². The van der Waals surface area contributed by atoms with Gasteiger partial charge in [0.15, 0.2) is 0 Å². The van der Waals surface area contributed by atoms with Gasteiger partial charge in [-0.15, -0.1) is 0 Å². The molecule has 0 aliphatic heterocycles. The Balaban J connectivity index is -0.00000000121. The van der Waals surface area contributed by atoms with Gasteiger partial charge in [0.25, 0.3) is 0 Å². The van der Waals surface area contributed by atoms with Gasteiger partial charge in [-0.05, 0) is 0 Å². The van der Waals surface area contributed by atoms with E-state index in [4.69, 9.17) is 0 Å². The van der Waals surface area contributed by atoms with Crippen LogP contribution >= 0.6 is 0 Å². The van der Waals surface area contributed by atoms with Crippen LogP contribution in [0.2, 0.25) is 0 Å². The average molecular weight is 2480 g/mol. The predicted octanol–water partition coefficient (Wildman–Crippen LogP) is 2.31. The van der Waals surface area contributed by atoms with Crippen molar-refractivity contribution in [1.82, 2.24) is 0 Å². The topological polar surface area (TPSA) is 2560 Å². The molecular formula is F40O90Si10. The van der Waals surface area contributed by atoms with E-state index in [1.807, 2.05) is 0 Å². The van der Waals surface area contributed by atoms with Gasteiger partial charge >= 0.3 is 94.1 Å². The average Bonchev–Trinajstić information content (AvgIpc) is 2.34. The Morgan fingerprint density at radius 1 is 0.0357 bits per heavy atom. The number of halogens is 40. The van der Waals surface area contributed by atoms with E-state index in [2.05, 4.69) is 0 Å². The Morgan fingerprint density at radius 3 is 0.0357 bits per heavy atom. The molecule has 0 aromatic carbocycles. The van der Waals surface area contributed by atoms with Gasteiger partial charge in [-0.25, -0.2) is 164 Å². The molecule has 140 heavy (non-hydrogen) atoms. The lowest BCUT2D eigenvalue weighted by atomic mass is 16.0. The molecule has 0 heterocycles. The van der Waals surface area contributed by atoms with E-state index in [1.165, 1.54) is 0 Å². The fourth-order valence-corrected chi connectivity index (χ4v) is 0. The smallest absolute Gasteiger partial charge is 0.211 e. The first kappa shape index (κ1) is 1930. The molecule has 0 amide bonds. The van der Waals surface area contributed by atoms with Crippen LogP contribution in [-0.2, 0) is 493 Å². The van der Waals surface area contributed by atoms with Crippen LogP contribution in [0.15, 0.2) is 0 Å². The molecule has 0 aromatic heterocycles. The summed E-state index contributed by atoms with van der Waals surface area (Å²) in [7, 11) is -66.1. The molecule has 0 aromatic rings. The zero-order valence-corrected chi connectivity index (χ0v) is 66.9. The van der Waals surface area contributed by atoms with Crippen molar-refractivity contribution >= 4 is 94.1 Å².